The number of halogens is 1. The molecule has 0 aromatic carbocycles. The molecule has 6 nitrogen and oxygen atoms in total. The van der Waals surface area contributed by atoms with Crippen molar-refractivity contribution >= 4 is 43.7 Å². The van der Waals surface area contributed by atoms with E-state index in [0.29, 0.717) is 24.6 Å². The molecule has 2 aromatic heterocycles. The molecule has 1 fully saturated rings. The molecule has 0 radical (unpaired) electrons. The highest BCUT2D eigenvalue weighted by Crippen LogP contribution is 2.42. The minimum atomic E-state index is -2.73. The van der Waals surface area contributed by atoms with E-state index in [1.54, 1.807) is 12.2 Å². The molecule has 4 heterocycles. The summed E-state index contributed by atoms with van der Waals surface area (Å²) >= 11 is 0. The fraction of sp³-hybridized carbons (Fsp3) is 0.438. The monoisotopic (exact) mass is 381 g/mol. The van der Waals surface area contributed by atoms with E-state index in [0.717, 1.165) is 35.0 Å². The molecule has 1 saturated heterocycles. The summed E-state index contributed by atoms with van der Waals surface area (Å²) in [6, 6.07) is 1.98. The van der Waals surface area contributed by atoms with E-state index in [1.165, 1.54) is 0 Å². The number of piperidine rings is 1. The molecular weight excluding hydrogens is 361 g/mol. The summed E-state index contributed by atoms with van der Waals surface area (Å²) in [5.41, 5.74) is 2.89. The molecule has 0 spiro atoms. The van der Waals surface area contributed by atoms with Gasteiger partial charge in [0.25, 0.3) is 0 Å². The number of nitrogens with one attached hydrogen (secondary N) is 1. The lowest BCUT2D eigenvalue weighted by atomic mass is 9.74. The van der Waals surface area contributed by atoms with Crippen LogP contribution in [0.1, 0.15) is 25.3 Å². The predicted octanol–water partition coefficient (Wildman–Crippen LogP) is 2.18. The van der Waals surface area contributed by atoms with Gasteiger partial charge in [0.05, 0.1) is 6.20 Å². The van der Waals surface area contributed by atoms with E-state index in [9.17, 15) is 9.23 Å². The maximum Gasteiger partial charge on any atom is 0.552 e. The third kappa shape index (κ3) is 3.01. The zero-order valence-corrected chi connectivity index (χ0v) is 15.6. The zero-order valence-electron chi connectivity index (χ0n) is 14.0. The second-order valence-electron chi connectivity index (χ2n) is 6.53. The molecule has 2 aliphatic rings. The molecule has 2 aliphatic heterocycles. The predicted molar refractivity (Wildman–Crippen MR) is 103 cm³/mol. The summed E-state index contributed by atoms with van der Waals surface area (Å²) in [6.07, 6.45) is 5.21. The van der Waals surface area contributed by atoms with Gasteiger partial charge in [-0.25, -0.2) is 9.29 Å². The molecule has 25 heavy (non-hydrogen) atoms. The van der Waals surface area contributed by atoms with Crippen LogP contribution in [0, 0.1) is 5.92 Å². The lowest BCUT2D eigenvalue weighted by Gasteiger charge is -2.38. The van der Waals surface area contributed by atoms with Crippen molar-refractivity contribution in [1.29, 1.82) is 0 Å². The number of H-pyrrole nitrogens is 1. The first-order chi connectivity index (χ1) is 12.0. The first-order valence-corrected chi connectivity index (χ1v) is 11.3. The van der Waals surface area contributed by atoms with E-state index in [4.69, 9.17) is 15.3 Å². The molecule has 0 bridgehead atoms. The summed E-state index contributed by atoms with van der Waals surface area (Å²) < 4.78 is 19.9. The number of hydrogen-bond acceptors (Lipinski definition) is 4. The van der Waals surface area contributed by atoms with Crippen molar-refractivity contribution < 1.29 is 13.9 Å². The number of aromatic nitrogens is 2. The highest BCUT2D eigenvalue weighted by Gasteiger charge is 2.34. The number of rotatable bonds is 3. The third-order valence-corrected chi connectivity index (χ3v) is 8.52. The van der Waals surface area contributed by atoms with Gasteiger partial charge in [0.15, 0.2) is 0 Å². The smallest absolute Gasteiger partial charge is 0.531 e. The Bertz CT molecular complexity index is 879. The van der Waals surface area contributed by atoms with Crippen LogP contribution < -0.4 is 4.65 Å². The van der Waals surface area contributed by atoms with E-state index in [1.807, 2.05) is 23.5 Å². The zero-order chi connectivity index (χ0) is 17.6. The van der Waals surface area contributed by atoms with Crippen LogP contribution in [0.3, 0.4) is 0 Å². The standard InChI is InChI=1S/C16H21BClN3O3S/c1-2-25(18,23)21-7-4-11(5-8-21)13-9-17(22)24-14-10-20-16-12(15(13)14)3-6-19-16/h3,6,9-11,22,25H,2,4-5,7-8H2,1H3,(H,19,20). The van der Waals surface area contributed by atoms with Crippen molar-refractivity contribution in [2.24, 2.45) is 5.92 Å². The SMILES string of the molecule is CC[SH](=O)(Cl)N1CCC(C2=CB(O)Oc3cnc4[nH]ccc4c32)CC1. The van der Waals surface area contributed by atoms with Gasteiger partial charge >= 0.3 is 7.12 Å². The second kappa shape index (κ2) is 6.43. The normalized spacial score (nSPS) is 20.3. The highest BCUT2D eigenvalue weighted by molar-refractivity contribution is 8.21. The van der Waals surface area contributed by atoms with Crippen LogP contribution in [-0.2, 0) is 9.33 Å². The largest absolute Gasteiger partial charge is 0.552 e. The fourth-order valence-electron chi connectivity index (χ4n) is 3.79. The van der Waals surface area contributed by atoms with Crippen molar-refractivity contribution in [1.82, 2.24) is 14.3 Å². The van der Waals surface area contributed by atoms with E-state index in [2.05, 4.69) is 9.97 Å². The molecule has 2 aromatic rings. The number of allylic oxidation sites excluding steroid dienone is 1. The summed E-state index contributed by atoms with van der Waals surface area (Å²) in [5, 5.41) is 11.1. The molecule has 0 aliphatic carbocycles. The molecule has 134 valence electrons. The number of pyridine rings is 1. The molecule has 0 amide bonds. The van der Waals surface area contributed by atoms with Crippen molar-refractivity contribution in [2.75, 3.05) is 18.8 Å². The van der Waals surface area contributed by atoms with Crippen molar-refractivity contribution in [3.63, 3.8) is 0 Å². The summed E-state index contributed by atoms with van der Waals surface area (Å²) in [7, 11) is 2.50. The van der Waals surface area contributed by atoms with Crippen LogP contribution >= 0.6 is 10.7 Å². The topological polar surface area (TPSA) is 78.5 Å². The number of nitrogens with zero attached hydrogens (tertiary/aromatic N) is 2. The van der Waals surface area contributed by atoms with Crippen LogP contribution in [0.25, 0.3) is 16.6 Å². The molecule has 0 saturated carbocycles. The van der Waals surface area contributed by atoms with Crippen LogP contribution in [0.4, 0.5) is 0 Å². The quantitative estimate of drug-likeness (QED) is 0.432. The van der Waals surface area contributed by atoms with Crippen molar-refractivity contribution in [3.05, 3.63) is 30.0 Å². The van der Waals surface area contributed by atoms with Crippen LogP contribution in [0.2, 0.25) is 0 Å². The average molecular weight is 382 g/mol. The Kier molecular flexibility index (Phi) is 4.39. The van der Waals surface area contributed by atoms with Gasteiger partial charge in [0.2, 0.25) is 0 Å². The van der Waals surface area contributed by atoms with Gasteiger partial charge in [-0.1, -0.05) is 6.92 Å². The van der Waals surface area contributed by atoms with Gasteiger partial charge in [-0.05, 0) is 47.1 Å². The van der Waals surface area contributed by atoms with Crippen molar-refractivity contribution in [3.8, 4) is 5.75 Å². The summed E-state index contributed by atoms with van der Waals surface area (Å²) in [4.78, 5) is 7.46. The summed E-state index contributed by atoms with van der Waals surface area (Å²) in [6.45, 7) is 3.26. The lowest BCUT2D eigenvalue weighted by molar-refractivity contribution is 0.322. The Labute approximate surface area is 152 Å². The van der Waals surface area contributed by atoms with Gasteiger partial charge in [-0.15, -0.1) is 0 Å². The number of thiol groups is 1. The first-order valence-electron chi connectivity index (χ1n) is 8.56. The van der Waals surface area contributed by atoms with Gasteiger partial charge in [-0.3, -0.25) is 4.21 Å². The Morgan fingerprint density at radius 3 is 3.00 bits per heavy atom. The van der Waals surface area contributed by atoms with E-state index < -0.39 is 16.5 Å². The summed E-state index contributed by atoms with van der Waals surface area (Å²) in [5.74, 6) is 3.14. The van der Waals surface area contributed by atoms with Gasteiger partial charge in [0.1, 0.15) is 11.4 Å². The lowest BCUT2D eigenvalue weighted by Crippen LogP contribution is -2.41. The second-order valence-corrected chi connectivity index (χ2v) is 10.5. The molecule has 0 unspecified atom stereocenters. The van der Waals surface area contributed by atoms with Crippen LogP contribution in [-0.4, -0.2) is 49.5 Å². The maximum atomic E-state index is 12.4. The fourth-order valence-corrected chi connectivity index (χ4v) is 5.48. The Hall–Kier alpha value is -1.35. The van der Waals surface area contributed by atoms with Gasteiger partial charge < -0.3 is 14.7 Å². The molecule has 9 heteroatoms. The third-order valence-electron chi connectivity index (χ3n) is 5.13. The van der Waals surface area contributed by atoms with Crippen LogP contribution in [0.5, 0.6) is 5.75 Å². The van der Waals surface area contributed by atoms with Gasteiger partial charge in [0, 0.05) is 45.3 Å². The van der Waals surface area contributed by atoms with E-state index in [-0.39, 0.29) is 5.92 Å². The minimum Gasteiger partial charge on any atom is -0.531 e. The molecular formula is C16H21BClN3O3S. The molecule has 4 rings (SSSR count). The van der Waals surface area contributed by atoms with Gasteiger partial charge in [-0.2, -0.15) is 0 Å². The Morgan fingerprint density at radius 2 is 2.28 bits per heavy atom. The molecule has 2 N–H and O–H groups in total. The highest BCUT2D eigenvalue weighted by atomic mass is 35.7. The van der Waals surface area contributed by atoms with Crippen LogP contribution in [0.15, 0.2) is 24.4 Å². The van der Waals surface area contributed by atoms with Crippen molar-refractivity contribution in [2.45, 2.75) is 19.8 Å². The minimum absolute atomic E-state index is 0.266. The number of fused-ring (bicyclic) bond motifs is 3. The Morgan fingerprint density at radius 1 is 1.52 bits per heavy atom. The van der Waals surface area contributed by atoms with E-state index >= 15 is 0 Å². The molecule has 0 atom stereocenters. The first kappa shape index (κ1) is 17.1. The number of aromatic amines is 1. The average Bonchev–Trinajstić information content (AvgIpc) is 3.09. The maximum absolute atomic E-state index is 12.4. The number of hydrogen-bond donors (Lipinski definition) is 3. The Balaban J connectivity index is 1.66.